The quantitative estimate of drug-likeness (QED) is 0.367. The Morgan fingerprint density at radius 3 is 2.71 bits per heavy atom. The van der Waals surface area contributed by atoms with Gasteiger partial charge in [-0.1, -0.05) is 16.8 Å². The highest BCUT2D eigenvalue weighted by Crippen LogP contribution is 2.28. The molecule has 2 aromatic heterocycles. The van der Waals surface area contributed by atoms with Crippen LogP contribution in [0, 0.1) is 0 Å². The maximum atomic E-state index is 8.66. The molecule has 0 spiro atoms. The molecule has 90 valence electrons. The van der Waals surface area contributed by atoms with E-state index in [1.54, 1.807) is 0 Å². The normalized spacial score (nSPS) is 12.7. The van der Waals surface area contributed by atoms with E-state index >= 15 is 0 Å². The fourth-order valence-corrected chi connectivity index (χ4v) is 1.96. The van der Waals surface area contributed by atoms with E-state index < -0.39 is 0 Å². The van der Waals surface area contributed by atoms with Crippen molar-refractivity contribution in [2.24, 2.45) is 5.16 Å². The van der Waals surface area contributed by atoms with Gasteiger partial charge < -0.3 is 9.77 Å². The molecule has 0 radical (unpaired) electrons. The molecule has 5 nitrogen and oxygen atoms in total. The minimum Gasteiger partial charge on any atom is -0.411 e. The predicted octanol–water partition coefficient (Wildman–Crippen LogP) is 2.65. The monoisotopic (exact) mass is 252 g/mol. The SMILES string of the molecule is CC(C)(C)n1cc(/C=N/O)c2c(Cl)ncnc21. The lowest BCUT2D eigenvalue weighted by Gasteiger charge is -2.21. The number of aromatic nitrogens is 3. The summed E-state index contributed by atoms with van der Waals surface area (Å²) in [6.45, 7) is 6.17. The van der Waals surface area contributed by atoms with Crippen LogP contribution in [0.25, 0.3) is 11.0 Å². The fourth-order valence-electron chi connectivity index (χ4n) is 1.72. The largest absolute Gasteiger partial charge is 0.411 e. The standard InChI is InChI=1S/C11H13ClN4O/c1-11(2,3)16-5-7(4-15-17)8-9(12)13-6-14-10(8)16/h4-6,17H,1-3H3/b15-4+. The Balaban J connectivity index is 2.85. The summed E-state index contributed by atoms with van der Waals surface area (Å²) in [5.41, 5.74) is 1.28. The maximum Gasteiger partial charge on any atom is 0.146 e. The minimum atomic E-state index is -0.141. The van der Waals surface area contributed by atoms with Crippen molar-refractivity contribution >= 4 is 28.8 Å². The van der Waals surface area contributed by atoms with Crippen LogP contribution in [0.15, 0.2) is 17.7 Å². The van der Waals surface area contributed by atoms with Crippen LogP contribution in [0.1, 0.15) is 26.3 Å². The number of hydrogen-bond acceptors (Lipinski definition) is 4. The van der Waals surface area contributed by atoms with E-state index in [0.29, 0.717) is 16.1 Å². The van der Waals surface area contributed by atoms with E-state index in [4.69, 9.17) is 16.8 Å². The van der Waals surface area contributed by atoms with Crippen molar-refractivity contribution in [1.82, 2.24) is 14.5 Å². The number of hydrogen-bond donors (Lipinski definition) is 1. The van der Waals surface area contributed by atoms with Gasteiger partial charge in [0.25, 0.3) is 0 Å². The van der Waals surface area contributed by atoms with Crippen molar-refractivity contribution in [1.29, 1.82) is 0 Å². The third kappa shape index (κ3) is 1.98. The van der Waals surface area contributed by atoms with Gasteiger partial charge >= 0.3 is 0 Å². The van der Waals surface area contributed by atoms with Gasteiger partial charge in [0, 0.05) is 17.3 Å². The van der Waals surface area contributed by atoms with Crippen molar-refractivity contribution in [2.75, 3.05) is 0 Å². The smallest absolute Gasteiger partial charge is 0.146 e. The van der Waals surface area contributed by atoms with E-state index in [1.165, 1.54) is 12.5 Å². The lowest BCUT2D eigenvalue weighted by atomic mass is 10.1. The second kappa shape index (κ2) is 4.00. The fraction of sp³-hybridized carbons (Fsp3) is 0.364. The lowest BCUT2D eigenvalue weighted by molar-refractivity contribution is 0.322. The molecule has 0 saturated heterocycles. The molecule has 0 aliphatic rings. The summed E-state index contributed by atoms with van der Waals surface area (Å²) >= 11 is 6.05. The molecule has 0 aliphatic carbocycles. The van der Waals surface area contributed by atoms with Crippen LogP contribution in [-0.4, -0.2) is 26.0 Å². The highest BCUT2D eigenvalue weighted by Gasteiger charge is 2.20. The second-order valence-corrected chi connectivity index (χ2v) is 5.09. The Morgan fingerprint density at radius 1 is 1.41 bits per heavy atom. The van der Waals surface area contributed by atoms with Crippen LogP contribution in [0.3, 0.4) is 0 Å². The van der Waals surface area contributed by atoms with Gasteiger partial charge in [-0.3, -0.25) is 0 Å². The van der Waals surface area contributed by atoms with E-state index in [-0.39, 0.29) is 5.54 Å². The van der Waals surface area contributed by atoms with Crippen LogP contribution < -0.4 is 0 Å². The van der Waals surface area contributed by atoms with Crippen LogP contribution in [0.4, 0.5) is 0 Å². The molecule has 0 atom stereocenters. The number of oxime groups is 1. The number of rotatable bonds is 1. The first-order valence-corrected chi connectivity index (χ1v) is 5.52. The van der Waals surface area contributed by atoms with Gasteiger partial charge in [-0.15, -0.1) is 0 Å². The Bertz CT molecular complexity index is 583. The van der Waals surface area contributed by atoms with Gasteiger partial charge in [0.2, 0.25) is 0 Å². The summed E-state index contributed by atoms with van der Waals surface area (Å²) in [4.78, 5) is 8.18. The zero-order valence-electron chi connectivity index (χ0n) is 9.85. The third-order valence-electron chi connectivity index (χ3n) is 2.49. The Labute approximate surface area is 104 Å². The molecule has 2 heterocycles. The number of halogens is 1. The molecule has 0 aliphatic heterocycles. The molecule has 0 aromatic carbocycles. The number of fused-ring (bicyclic) bond motifs is 1. The Hall–Kier alpha value is -1.62. The molecule has 17 heavy (non-hydrogen) atoms. The third-order valence-corrected chi connectivity index (χ3v) is 2.77. The predicted molar refractivity (Wildman–Crippen MR) is 66.9 cm³/mol. The van der Waals surface area contributed by atoms with E-state index in [0.717, 1.165) is 5.65 Å². The molecule has 1 N–H and O–H groups in total. The van der Waals surface area contributed by atoms with Crippen molar-refractivity contribution < 1.29 is 5.21 Å². The van der Waals surface area contributed by atoms with Crippen LogP contribution in [0.2, 0.25) is 5.15 Å². The molecule has 0 saturated carbocycles. The molecular weight excluding hydrogens is 240 g/mol. The van der Waals surface area contributed by atoms with E-state index in [2.05, 4.69) is 35.9 Å². The average molecular weight is 253 g/mol. The first kappa shape index (κ1) is 11.9. The average Bonchev–Trinajstić information content (AvgIpc) is 2.59. The lowest BCUT2D eigenvalue weighted by Crippen LogP contribution is -2.21. The zero-order valence-corrected chi connectivity index (χ0v) is 10.6. The first-order chi connectivity index (χ1) is 7.95. The first-order valence-electron chi connectivity index (χ1n) is 5.14. The Morgan fingerprint density at radius 2 is 2.12 bits per heavy atom. The molecule has 0 fully saturated rings. The van der Waals surface area contributed by atoms with Crippen LogP contribution >= 0.6 is 11.6 Å². The van der Waals surface area contributed by atoms with Gasteiger partial charge in [-0.25, -0.2) is 9.97 Å². The van der Waals surface area contributed by atoms with Crippen LogP contribution in [-0.2, 0) is 5.54 Å². The summed E-state index contributed by atoms with van der Waals surface area (Å²) in [5, 5.41) is 12.7. The summed E-state index contributed by atoms with van der Waals surface area (Å²) in [6.07, 6.45) is 4.61. The maximum absolute atomic E-state index is 8.66. The van der Waals surface area contributed by atoms with E-state index in [9.17, 15) is 0 Å². The Kier molecular flexibility index (Phi) is 2.79. The van der Waals surface area contributed by atoms with Crippen molar-refractivity contribution in [2.45, 2.75) is 26.3 Å². The molecule has 0 unspecified atom stereocenters. The van der Waals surface area contributed by atoms with Gasteiger partial charge in [-0.2, -0.15) is 0 Å². The summed E-state index contributed by atoms with van der Waals surface area (Å²) < 4.78 is 1.98. The zero-order chi connectivity index (χ0) is 12.6. The topological polar surface area (TPSA) is 63.3 Å². The van der Waals surface area contributed by atoms with Crippen molar-refractivity contribution in [3.05, 3.63) is 23.2 Å². The van der Waals surface area contributed by atoms with Gasteiger partial charge in [0.05, 0.1) is 11.6 Å². The molecule has 0 bridgehead atoms. The minimum absolute atomic E-state index is 0.141. The second-order valence-electron chi connectivity index (χ2n) is 4.73. The highest BCUT2D eigenvalue weighted by atomic mass is 35.5. The van der Waals surface area contributed by atoms with Crippen LogP contribution in [0.5, 0.6) is 0 Å². The highest BCUT2D eigenvalue weighted by molar-refractivity contribution is 6.35. The molecule has 2 rings (SSSR count). The van der Waals surface area contributed by atoms with Gasteiger partial charge in [0.1, 0.15) is 17.1 Å². The van der Waals surface area contributed by atoms with Gasteiger partial charge in [0.15, 0.2) is 0 Å². The summed E-state index contributed by atoms with van der Waals surface area (Å²) in [7, 11) is 0. The van der Waals surface area contributed by atoms with Crippen molar-refractivity contribution in [3.8, 4) is 0 Å². The van der Waals surface area contributed by atoms with Gasteiger partial charge in [-0.05, 0) is 20.8 Å². The number of nitrogens with zero attached hydrogens (tertiary/aromatic N) is 4. The molecule has 6 heteroatoms. The van der Waals surface area contributed by atoms with E-state index in [1.807, 2.05) is 10.8 Å². The molecule has 2 aromatic rings. The summed E-state index contributed by atoms with van der Waals surface area (Å²) in [5.74, 6) is 0. The van der Waals surface area contributed by atoms with Crippen molar-refractivity contribution in [3.63, 3.8) is 0 Å². The molecule has 0 amide bonds. The summed E-state index contributed by atoms with van der Waals surface area (Å²) in [6, 6.07) is 0. The molecular formula is C11H13ClN4O.